The standard InChI is InChI=1S/C10H11NO3S/c11-6-9(12)14-10(13)7-15-8-4-2-1-3-5-8/h1-5H,6-7,11H2. The highest BCUT2D eigenvalue weighted by molar-refractivity contribution is 8.00. The summed E-state index contributed by atoms with van der Waals surface area (Å²) in [6.45, 7) is -0.276. The monoisotopic (exact) mass is 225 g/mol. The fourth-order valence-corrected chi connectivity index (χ4v) is 1.55. The van der Waals surface area contributed by atoms with Gasteiger partial charge in [-0.3, -0.25) is 9.59 Å². The van der Waals surface area contributed by atoms with E-state index in [2.05, 4.69) is 4.74 Å². The maximum atomic E-state index is 11.1. The number of carbonyl (C=O) groups excluding carboxylic acids is 2. The van der Waals surface area contributed by atoms with Crippen molar-refractivity contribution in [2.24, 2.45) is 5.73 Å². The van der Waals surface area contributed by atoms with Crippen LogP contribution >= 0.6 is 11.8 Å². The van der Waals surface area contributed by atoms with Crippen molar-refractivity contribution in [3.8, 4) is 0 Å². The van der Waals surface area contributed by atoms with E-state index < -0.39 is 11.9 Å². The molecule has 0 aliphatic rings. The van der Waals surface area contributed by atoms with Gasteiger partial charge in [0, 0.05) is 4.90 Å². The predicted molar refractivity (Wildman–Crippen MR) is 57.3 cm³/mol. The van der Waals surface area contributed by atoms with Gasteiger partial charge in [0.15, 0.2) is 0 Å². The van der Waals surface area contributed by atoms with Crippen molar-refractivity contribution < 1.29 is 14.3 Å². The van der Waals surface area contributed by atoms with E-state index in [4.69, 9.17) is 5.73 Å². The fraction of sp³-hybridized carbons (Fsp3) is 0.200. The summed E-state index contributed by atoms with van der Waals surface area (Å²) in [5.74, 6) is -1.16. The van der Waals surface area contributed by atoms with Gasteiger partial charge in [-0.25, -0.2) is 0 Å². The number of hydrogen-bond donors (Lipinski definition) is 1. The largest absolute Gasteiger partial charge is 0.392 e. The minimum atomic E-state index is -0.700. The number of benzene rings is 1. The third kappa shape index (κ3) is 4.62. The van der Waals surface area contributed by atoms with E-state index in [0.29, 0.717) is 0 Å². The van der Waals surface area contributed by atoms with E-state index in [-0.39, 0.29) is 12.3 Å². The first-order valence-electron chi connectivity index (χ1n) is 4.34. The van der Waals surface area contributed by atoms with Gasteiger partial charge in [-0.15, -0.1) is 11.8 Å². The van der Waals surface area contributed by atoms with Crippen molar-refractivity contribution in [3.63, 3.8) is 0 Å². The van der Waals surface area contributed by atoms with Crippen molar-refractivity contribution in [3.05, 3.63) is 30.3 Å². The second-order valence-corrected chi connectivity index (χ2v) is 3.70. The molecular weight excluding hydrogens is 214 g/mol. The summed E-state index contributed by atoms with van der Waals surface area (Å²) >= 11 is 1.31. The van der Waals surface area contributed by atoms with E-state index >= 15 is 0 Å². The molecule has 5 heteroatoms. The predicted octanol–water partition coefficient (Wildman–Crippen LogP) is 0.807. The summed E-state index contributed by atoms with van der Waals surface area (Å²) < 4.78 is 4.40. The zero-order valence-electron chi connectivity index (χ0n) is 8.01. The minimum Gasteiger partial charge on any atom is -0.392 e. The number of ether oxygens (including phenoxy) is 1. The fourth-order valence-electron chi connectivity index (χ4n) is 0.857. The highest BCUT2D eigenvalue weighted by Gasteiger charge is 2.08. The van der Waals surface area contributed by atoms with Gasteiger partial charge in [0.2, 0.25) is 0 Å². The van der Waals surface area contributed by atoms with Crippen molar-refractivity contribution in [1.29, 1.82) is 0 Å². The second-order valence-electron chi connectivity index (χ2n) is 2.65. The molecule has 0 saturated carbocycles. The third-order valence-electron chi connectivity index (χ3n) is 1.49. The molecule has 0 bridgehead atoms. The number of rotatable bonds is 4. The Morgan fingerprint density at radius 3 is 2.47 bits per heavy atom. The Hall–Kier alpha value is -1.33. The number of carbonyl (C=O) groups is 2. The first-order chi connectivity index (χ1) is 7.22. The van der Waals surface area contributed by atoms with Crippen molar-refractivity contribution in [1.82, 2.24) is 0 Å². The first-order valence-corrected chi connectivity index (χ1v) is 5.32. The third-order valence-corrected chi connectivity index (χ3v) is 2.48. The molecule has 0 saturated heterocycles. The molecule has 0 heterocycles. The molecule has 0 fully saturated rings. The Labute approximate surface area is 91.8 Å². The molecule has 1 aromatic carbocycles. The van der Waals surface area contributed by atoms with Gasteiger partial charge in [0.25, 0.3) is 0 Å². The lowest BCUT2D eigenvalue weighted by Gasteiger charge is -2.01. The van der Waals surface area contributed by atoms with Crippen LogP contribution in [0.1, 0.15) is 0 Å². The molecule has 2 N–H and O–H groups in total. The zero-order chi connectivity index (χ0) is 11.1. The number of nitrogens with two attached hydrogens (primary N) is 1. The molecule has 0 atom stereocenters. The molecule has 0 aromatic heterocycles. The summed E-state index contributed by atoms with van der Waals surface area (Å²) in [6.07, 6.45) is 0. The van der Waals surface area contributed by atoms with Crippen molar-refractivity contribution >= 4 is 23.7 Å². The SMILES string of the molecule is NCC(=O)OC(=O)CSc1ccccc1. The zero-order valence-corrected chi connectivity index (χ0v) is 8.83. The molecule has 0 radical (unpaired) electrons. The van der Waals surface area contributed by atoms with E-state index in [1.54, 1.807) is 0 Å². The van der Waals surface area contributed by atoms with Gasteiger partial charge in [-0.05, 0) is 12.1 Å². The summed E-state index contributed by atoms with van der Waals surface area (Å²) in [5.41, 5.74) is 4.99. The summed E-state index contributed by atoms with van der Waals surface area (Å²) in [7, 11) is 0. The number of esters is 2. The van der Waals surface area contributed by atoms with Crippen LogP contribution in [-0.4, -0.2) is 24.2 Å². The maximum Gasteiger partial charge on any atom is 0.327 e. The van der Waals surface area contributed by atoms with Crippen LogP contribution in [0.15, 0.2) is 35.2 Å². The van der Waals surface area contributed by atoms with E-state index in [0.717, 1.165) is 4.90 Å². The first kappa shape index (κ1) is 11.7. The molecule has 0 aliphatic carbocycles. The summed E-state index contributed by atoms with van der Waals surface area (Å²) in [4.78, 5) is 22.7. The average Bonchev–Trinajstić information content (AvgIpc) is 2.27. The van der Waals surface area contributed by atoms with Gasteiger partial charge in [0.05, 0.1) is 12.3 Å². The molecular formula is C10H11NO3S. The maximum absolute atomic E-state index is 11.1. The van der Waals surface area contributed by atoms with Crippen LogP contribution in [0.5, 0.6) is 0 Å². The normalized spacial score (nSPS) is 9.67. The molecule has 80 valence electrons. The Morgan fingerprint density at radius 1 is 1.20 bits per heavy atom. The van der Waals surface area contributed by atoms with Gasteiger partial charge in [0.1, 0.15) is 0 Å². The molecule has 0 spiro atoms. The van der Waals surface area contributed by atoms with Crippen LogP contribution in [0, 0.1) is 0 Å². The Morgan fingerprint density at radius 2 is 1.87 bits per heavy atom. The topological polar surface area (TPSA) is 69.4 Å². The van der Waals surface area contributed by atoms with Crippen LogP contribution in [0.4, 0.5) is 0 Å². The number of hydrogen-bond acceptors (Lipinski definition) is 5. The van der Waals surface area contributed by atoms with Gasteiger partial charge in [-0.1, -0.05) is 18.2 Å². The van der Waals surface area contributed by atoms with Crippen LogP contribution in [-0.2, 0) is 14.3 Å². The lowest BCUT2D eigenvalue weighted by atomic mass is 10.4. The average molecular weight is 225 g/mol. The quantitative estimate of drug-likeness (QED) is 0.466. The highest BCUT2D eigenvalue weighted by atomic mass is 32.2. The highest BCUT2D eigenvalue weighted by Crippen LogP contribution is 2.16. The van der Waals surface area contributed by atoms with E-state index in [1.165, 1.54) is 11.8 Å². The molecule has 1 rings (SSSR count). The van der Waals surface area contributed by atoms with Gasteiger partial charge >= 0.3 is 11.9 Å². The van der Waals surface area contributed by atoms with E-state index in [1.807, 2.05) is 30.3 Å². The summed E-state index contributed by atoms with van der Waals surface area (Å²) in [5, 5.41) is 0. The lowest BCUT2D eigenvalue weighted by Crippen LogP contribution is -2.21. The molecule has 1 aromatic rings. The van der Waals surface area contributed by atoms with Crippen LogP contribution in [0.3, 0.4) is 0 Å². The van der Waals surface area contributed by atoms with Gasteiger partial charge < -0.3 is 10.5 Å². The van der Waals surface area contributed by atoms with Crippen molar-refractivity contribution in [2.45, 2.75) is 4.90 Å². The van der Waals surface area contributed by atoms with Crippen LogP contribution in [0.2, 0.25) is 0 Å². The van der Waals surface area contributed by atoms with Crippen molar-refractivity contribution in [2.75, 3.05) is 12.3 Å². The van der Waals surface area contributed by atoms with Crippen LogP contribution < -0.4 is 5.73 Å². The molecule has 0 amide bonds. The summed E-state index contributed by atoms with van der Waals surface area (Å²) in [6, 6.07) is 9.39. The van der Waals surface area contributed by atoms with E-state index in [9.17, 15) is 9.59 Å². The Balaban J connectivity index is 2.32. The molecule has 0 aliphatic heterocycles. The smallest absolute Gasteiger partial charge is 0.327 e. The second kappa shape index (κ2) is 6.21. The molecule has 4 nitrogen and oxygen atoms in total. The molecule has 15 heavy (non-hydrogen) atoms. The minimum absolute atomic E-state index is 0.107. The lowest BCUT2D eigenvalue weighted by molar-refractivity contribution is -0.156. The van der Waals surface area contributed by atoms with Gasteiger partial charge in [-0.2, -0.15) is 0 Å². The number of thioether (sulfide) groups is 1. The van der Waals surface area contributed by atoms with Crippen LogP contribution in [0.25, 0.3) is 0 Å². The Bertz CT molecular complexity index is 340. The molecule has 0 unspecified atom stereocenters. The Kier molecular flexibility index (Phi) is 4.86.